The average molecular weight is 619 g/mol. The van der Waals surface area contributed by atoms with Crippen molar-refractivity contribution in [3.63, 3.8) is 0 Å². The number of halogens is 2. The summed E-state index contributed by atoms with van der Waals surface area (Å²) in [6, 6.07) is 14.9. The van der Waals surface area contributed by atoms with E-state index in [9.17, 15) is 0 Å². The van der Waals surface area contributed by atoms with Gasteiger partial charge in [0.05, 0.1) is 0 Å². The molecule has 0 nitrogen and oxygen atoms in total. The first-order valence-corrected chi connectivity index (χ1v) is 17.3. The molecule has 0 radical (unpaired) electrons. The first kappa shape index (κ1) is 32.5. The van der Waals surface area contributed by atoms with Gasteiger partial charge in [-0.1, -0.05) is 0 Å². The Kier molecular flexibility index (Phi) is 9.67. The Morgan fingerprint density at radius 1 is 0.676 bits per heavy atom. The third-order valence-corrected chi connectivity index (χ3v) is 16.6. The first-order chi connectivity index (χ1) is 16.0. The van der Waals surface area contributed by atoms with Crippen molar-refractivity contribution in [2.75, 3.05) is 0 Å². The second kappa shape index (κ2) is 11.0. The molecule has 37 heavy (non-hydrogen) atoms. The van der Waals surface area contributed by atoms with Gasteiger partial charge in [-0.2, -0.15) is 0 Å². The first-order valence-electron chi connectivity index (χ1n) is 13.4. The van der Waals surface area contributed by atoms with E-state index in [0.29, 0.717) is 9.54 Å². The van der Waals surface area contributed by atoms with Crippen LogP contribution in [0.2, 0.25) is 0 Å². The third-order valence-electron chi connectivity index (χ3n) is 7.99. The Labute approximate surface area is 247 Å². The van der Waals surface area contributed by atoms with Crippen LogP contribution in [0.1, 0.15) is 109 Å². The summed E-state index contributed by atoms with van der Waals surface area (Å²) >= 11 is -2.21. The zero-order valence-electron chi connectivity index (χ0n) is 25.1. The SMILES string of the molecule is C[C](C)=[Zr]([C]1=CC(C(C)(C)C)=CC1C)[CH]1c2ccc(C(C)(C)C)cc2-c2cc(C(C)(C)C)ccc21.Cl.Cl. The maximum atomic E-state index is 2.62. The van der Waals surface area contributed by atoms with Crippen molar-refractivity contribution in [1.82, 2.24) is 0 Å². The van der Waals surface area contributed by atoms with Gasteiger partial charge in [0.15, 0.2) is 0 Å². The monoisotopic (exact) mass is 616 g/mol. The van der Waals surface area contributed by atoms with Crippen LogP contribution in [0, 0.1) is 11.3 Å². The quantitative estimate of drug-likeness (QED) is 0.314. The minimum absolute atomic E-state index is 0. The van der Waals surface area contributed by atoms with Crippen molar-refractivity contribution in [2.24, 2.45) is 11.3 Å². The van der Waals surface area contributed by atoms with Gasteiger partial charge in [-0.05, 0) is 0 Å². The van der Waals surface area contributed by atoms with E-state index in [1.54, 1.807) is 17.6 Å². The van der Waals surface area contributed by atoms with Gasteiger partial charge in [-0.3, -0.25) is 0 Å². The number of hydrogen-bond donors (Lipinski definition) is 0. The van der Waals surface area contributed by atoms with Crippen LogP contribution in [0.3, 0.4) is 0 Å². The van der Waals surface area contributed by atoms with Crippen LogP contribution in [0.25, 0.3) is 11.1 Å². The molecule has 0 saturated carbocycles. The molecule has 2 aliphatic rings. The van der Waals surface area contributed by atoms with Gasteiger partial charge in [-0.15, -0.1) is 24.8 Å². The zero-order chi connectivity index (χ0) is 26.1. The molecular formula is C34H48Cl2Zr. The Bertz CT molecular complexity index is 1200. The number of fused-ring (bicyclic) bond motifs is 3. The molecule has 0 saturated heterocycles. The molecule has 1 atom stereocenters. The number of allylic oxidation sites excluding steroid dienone is 4. The van der Waals surface area contributed by atoms with Crippen molar-refractivity contribution in [3.8, 4) is 11.1 Å². The summed E-state index contributed by atoms with van der Waals surface area (Å²) in [6.07, 6.45) is 5.18. The fourth-order valence-electron chi connectivity index (χ4n) is 5.73. The van der Waals surface area contributed by atoms with E-state index in [0.717, 1.165) is 0 Å². The number of hydrogen-bond acceptors (Lipinski definition) is 0. The number of benzene rings is 2. The fraction of sp³-hybridized carbons (Fsp3) is 0.500. The van der Waals surface area contributed by atoms with Gasteiger partial charge in [0.25, 0.3) is 0 Å². The van der Waals surface area contributed by atoms with E-state index >= 15 is 0 Å². The molecule has 0 aromatic heterocycles. The summed E-state index contributed by atoms with van der Waals surface area (Å²) < 4.78 is 4.05. The second-order valence-electron chi connectivity index (χ2n) is 14.2. The van der Waals surface area contributed by atoms with Gasteiger partial charge in [0, 0.05) is 0 Å². The Hall–Kier alpha value is -0.747. The van der Waals surface area contributed by atoms with Crippen LogP contribution in [-0.2, 0) is 32.1 Å². The molecule has 0 fully saturated rings. The maximum absolute atomic E-state index is 2.62. The molecule has 2 aliphatic carbocycles. The van der Waals surface area contributed by atoms with E-state index in [-0.39, 0.29) is 41.1 Å². The van der Waals surface area contributed by atoms with Crippen molar-refractivity contribution in [1.29, 1.82) is 0 Å². The largest absolute Gasteiger partial charge is 0.147 e. The molecule has 4 rings (SSSR count). The predicted octanol–water partition coefficient (Wildman–Crippen LogP) is 10.5. The van der Waals surface area contributed by atoms with Gasteiger partial charge >= 0.3 is 224 Å². The van der Waals surface area contributed by atoms with E-state index in [4.69, 9.17) is 0 Å². The van der Waals surface area contributed by atoms with E-state index in [2.05, 4.69) is 132 Å². The molecule has 0 N–H and O–H groups in total. The van der Waals surface area contributed by atoms with Crippen LogP contribution < -0.4 is 0 Å². The standard InChI is InChI=1S/C21H25.C10H15.C3H6.2ClH.Zr/c1-20(2,3)16-9-7-14-11-15-8-10-17(21(4,5)6)13-19(15)18(14)12-16;1-8-5-6-9(7-8)10(2,3)4;1-3-2;;;/h7-13H,1-6H3;6-8H,1-4H3;1-2H3;2*1H;. The summed E-state index contributed by atoms with van der Waals surface area (Å²) in [5.74, 6) is 0.559. The maximum Gasteiger partial charge on any atom is -0.147 e. The Morgan fingerprint density at radius 3 is 1.43 bits per heavy atom. The van der Waals surface area contributed by atoms with Crippen LogP contribution in [0.15, 0.2) is 57.4 Å². The summed E-state index contributed by atoms with van der Waals surface area (Å²) in [5, 5.41) is 0. The topological polar surface area (TPSA) is 0 Å². The second-order valence-corrected chi connectivity index (χ2v) is 21.5. The summed E-state index contributed by atoms with van der Waals surface area (Å²) in [7, 11) is 0. The number of rotatable bonds is 2. The van der Waals surface area contributed by atoms with E-state index in [1.807, 2.05) is 0 Å². The minimum atomic E-state index is -2.21. The summed E-state index contributed by atoms with van der Waals surface area (Å²) in [4.78, 5) is 0. The summed E-state index contributed by atoms with van der Waals surface area (Å²) in [6.45, 7) is 28.4. The molecule has 3 heteroatoms. The molecule has 0 bridgehead atoms. The molecule has 0 heterocycles. The molecule has 0 spiro atoms. The van der Waals surface area contributed by atoms with Crippen LogP contribution in [0.4, 0.5) is 0 Å². The van der Waals surface area contributed by atoms with E-state index < -0.39 is 21.3 Å². The molecule has 0 amide bonds. The summed E-state index contributed by atoms with van der Waals surface area (Å²) in [5.41, 5.74) is 11.1. The van der Waals surface area contributed by atoms with Crippen LogP contribution in [0.5, 0.6) is 0 Å². The smallest absolute Gasteiger partial charge is 0.147 e. The van der Waals surface area contributed by atoms with Crippen LogP contribution >= 0.6 is 24.8 Å². The van der Waals surface area contributed by atoms with Gasteiger partial charge < -0.3 is 0 Å². The molecule has 2 aromatic rings. The minimum Gasteiger partial charge on any atom is -0.147 e. The van der Waals surface area contributed by atoms with Crippen molar-refractivity contribution in [3.05, 3.63) is 79.7 Å². The molecule has 202 valence electrons. The average Bonchev–Trinajstić information content (AvgIpc) is 3.25. The van der Waals surface area contributed by atoms with Gasteiger partial charge in [-0.25, -0.2) is 0 Å². The van der Waals surface area contributed by atoms with Gasteiger partial charge in [0.1, 0.15) is 0 Å². The Balaban J connectivity index is 0.00000241. The fourth-order valence-corrected chi connectivity index (χ4v) is 14.3. The van der Waals surface area contributed by atoms with E-state index in [1.165, 1.54) is 27.8 Å². The molecule has 2 aromatic carbocycles. The van der Waals surface area contributed by atoms with Crippen molar-refractivity contribution < 1.29 is 21.3 Å². The van der Waals surface area contributed by atoms with Crippen molar-refractivity contribution in [2.45, 2.75) is 97.5 Å². The molecular weight excluding hydrogens is 571 g/mol. The molecule has 0 aliphatic heterocycles. The Morgan fingerprint density at radius 2 is 1.11 bits per heavy atom. The van der Waals surface area contributed by atoms with Gasteiger partial charge in [0.2, 0.25) is 0 Å². The predicted molar refractivity (Wildman–Crippen MR) is 167 cm³/mol. The van der Waals surface area contributed by atoms with Crippen molar-refractivity contribution >= 4 is 28.0 Å². The zero-order valence-corrected chi connectivity index (χ0v) is 29.2. The molecule has 1 unspecified atom stereocenters. The van der Waals surface area contributed by atoms with Crippen LogP contribution in [-0.4, -0.2) is 3.21 Å². The normalized spacial score (nSPS) is 17.2. The third kappa shape index (κ3) is 6.21.